The predicted octanol–water partition coefficient (Wildman–Crippen LogP) is 0.851. The summed E-state index contributed by atoms with van der Waals surface area (Å²) in [6.45, 7) is 1.85. The van der Waals surface area contributed by atoms with Gasteiger partial charge < -0.3 is 0 Å². The number of amidine groups is 1. The molecule has 0 aromatic rings. The number of dihydropyridines is 1. The molecule has 0 radical (unpaired) electrons. The second-order valence-corrected chi connectivity index (χ2v) is 5.30. The van der Waals surface area contributed by atoms with Crippen molar-refractivity contribution in [3.05, 3.63) is 10.5 Å². The lowest BCUT2D eigenvalue weighted by Gasteiger charge is -2.27. The lowest BCUT2D eigenvalue weighted by molar-refractivity contribution is -0.407. The summed E-state index contributed by atoms with van der Waals surface area (Å²) in [6.07, 6.45) is 1.63. The predicted molar refractivity (Wildman–Crippen MR) is 72.1 cm³/mol. The van der Waals surface area contributed by atoms with E-state index in [2.05, 4.69) is 4.99 Å². The van der Waals surface area contributed by atoms with E-state index in [1.54, 1.807) is 13.3 Å². The van der Waals surface area contributed by atoms with Crippen molar-refractivity contribution in [2.75, 3.05) is 19.8 Å². The first-order valence-corrected chi connectivity index (χ1v) is 6.64. The maximum Gasteiger partial charge on any atom is 0.445 e. The fraction of sp³-hybridized carbons (Fsp3) is 0.417. The summed E-state index contributed by atoms with van der Waals surface area (Å²) in [4.78, 5) is 30.2. The van der Waals surface area contributed by atoms with E-state index < -0.39 is 11.9 Å². The summed E-state index contributed by atoms with van der Waals surface area (Å²) in [7, 11) is 3.05. The van der Waals surface area contributed by atoms with Crippen molar-refractivity contribution >= 4 is 35.8 Å². The highest BCUT2D eigenvalue weighted by atomic mass is 32.2. The molecule has 0 aliphatic carbocycles. The smallest absolute Gasteiger partial charge is 0.255 e. The van der Waals surface area contributed by atoms with Gasteiger partial charge >= 0.3 is 11.9 Å². The minimum absolute atomic E-state index is 0.263. The number of aliphatic imine (C=N–C) groups is 1. The Morgan fingerprint density at radius 1 is 1.58 bits per heavy atom. The first kappa shape index (κ1) is 13.5. The highest BCUT2D eigenvalue weighted by Gasteiger charge is 2.47. The van der Waals surface area contributed by atoms with Crippen LogP contribution in [-0.4, -0.2) is 53.3 Å². The number of allylic oxidation sites excluding steroid dienone is 1. The lowest BCUT2D eigenvalue weighted by Crippen LogP contribution is -2.52. The number of amides is 3. The first-order chi connectivity index (χ1) is 8.99. The number of urea groups is 1. The maximum absolute atomic E-state index is 12.3. The van der Waals surface area contributed by atoms with Crippen LogP contribution >= 0.6 is 11.8 Å². The molecule has 0 saturated carbocycles. The van der Waals surface area contributed by atoms with Gasteiger partial charge in [0.15, 0.2) is 5.92 Å². The summed E-state index contributed by atoms with van der Waals surface area (Å²) in [5, 5.41) is 8.70. The maximum atomic E-state index is 12.3. The van der Waals surface area contributed by atoms with Gasteiger partial charge in [-0.25, -0.2) is 4.79 Å². The molecule has 0 bridgehead atoms. The molecule has 0 saturated heterocycles. The number of hydrogen-bond donors (Lipinski definition) is 0. The lowest BCUT2D eigenvalue weighted by atomic mass is 9.99. The third-order valence-electron chi connectivity index (χ3n) is 3.09. The molecule has 3 amide bonds. The van der Waals surface area contributed by atoms with Gasteiger partial charge in [0.05, 0.1) is 25.9 Å². The van der Waals surface area contributed by atoms with Gasteiger partial charge in [0.25, 0.3) is 5.84 Å². The van der Waals surface area contributed by atoms with Crippen molar-refractivity contribution in [3.63, 3.8) is 0 Å². The fourth-order valence-corrected chi connectivity index (χ4v) is 2.94. The number of rotatable bonds is 2. The molecule has 2 aliphatic heterocycles. The molecule has 0 N–H and O–H groups in total. The highest BCUT2D eigenvalue weighted by Crippen LogP contribution is 2.34. The standard InChI is InChI=1S/C12H13N4O2S/c1-7-6-14-10-8(9(7)19-5-4-13)11(17)16(3)12(18)15(10)2/h6,8H,5H2,1-3H3/q+1. The minimum atomic E-state index is -0.573. The Morgan fingerprint density at radius 2 is 2.26 bits per heavy atom. The van der Waals surface area contributed by atoms with Gasteiger partial charge in [-0.3, -0.25) is 4.79 Å². The van der Waals surface area contributed by atoms with Gasteiger partial charge in [-0.05, 0) is 12.5 Å². The zero-order chi connectivity index (χ0) is 14.2. The van der Waals surface area contributed by atoms with E-state index in [4.69, 9.17) is 5.26 Å². The molecule has 98 valence electrons. The Morgan fingerprint density at radius 3 is 2.89 bits per heavy atom. The molecule has 2 aliphatic rings. The third kappa shape index (κ3) is 2.08. The van der Waals surface area contributed by atoms with Crippen LogP contribution in [0.1, 0.15) is 6.92 Å². The second kappa shape index (κ2) is 4.97. The second-order valence-electron chi connectivity index (χ2n) is 4.28. The summed E-state index contributed by atoms with van der Waals surface area (Å²) < 4.78 is 1.38. The van der Waals surface area contributed by atoms with E-state index in [-0.39, 0.29) is 11.7 Å². The van der Waals surface area contributed by atoms with Crippen molar-refractivity contribution < 1.29 is 14.2 Å². The summed E-state index contributed by atoms with van der Waals surface area (Å²) in [5.41, 5.74) is 0.860. The summed E-state index contributed by atoms with van der Waals surface area (Å²) in [5.74, 6) is -0.177. The Kier molecular flexibility index (Phi) is 3.53. The molecular formula is C12H13N4O2S+. The van der Waals surface area contributed by atoms with Crippen molar-refractivity contribution in [1.82, 2.24) is 4.90 Å². The quantitative estimate of drug-likeness (QED) is 0.701. The van der Waals surface area contributed by atoms with Gasteiger partial charge in [-0.1, -0.05) is 0 Å². The molecule has 6 nitrogen and oxygen atoms in total. The molecule has 0 fully saturated rings. The minimum Gasteiger partial charge on any atom is -0.255 e. The molecule has 7 heteroatoms. The van der Waals surface area contributed by atoms with Crippen molar-refractivity contribution in [3.8, 4) is 6.07 Å². The molecule has 2 rings (SSSR count). The van der Waals surface area contributed by atoms with Crippen LogP contribution in [0.3, 0.4) is 0 Å². The monoisotopic (exact) mass is 277 g/mol. The van der Waals surface area contributed by atoms with Crippen LogP contribution in [-0.2, 0) is 4.79 Å². The van der Waals surface area contributed by atoms with Crippen LogP contribution < -0.4 is 0 Å². The third-order valence-corrected chi connectivity index (χ3v) is 4.23. The molecule has 1 atom stereocenters. The van der Waals surface area contributed by atoms with Crippen LogP contribution in [0.4, 0.5) is 4.79 Å². The van der Waals surface area contributed by atoms with E-state index in [1.807, 2.05) is 13.0 Å². The molecule has 1 unspecified atom stereocenters. The van der Waals surface area contributed by atoms with E-state index in [9.17, 15) is 9.59 Å². The Labute approximate surface area is 115 Å². The molecule has 0 aromatic heterocycles. The average molecular weight is 277 g/mol. The first-order valence-electron chi connectivity index (χ1n) is 5.65. The van der Waals surface area contributed by atoms with E-state index >= 15 is 0 Å². The highest BCUT2D eigenvalue weighted by molar-refractivity contribution is 8.03. The van der Waals surface area contributed by atoms with Crippen LogP contribution in [0.15, 0.2) is 15.5 Å². The Bertz CT molecular complexity index is 597. The number of carbonyl (C=O) groups is 2. The number of thioether (sulfide) groups is 1. The topological polar surface area (TPSA) is 76.5 Å². The largest absolute Gasteiger partial charge is 0.445 e. The number of imide groups is 1. The Balaban J connectivity index is 2.53. The van der Waals surface area contributed by atoms with Crippen molar-refractivity contribution in [1.29, 1.82) is 5.26 Å². The van der Waals surface area contributed by atoms with Gasteiger partial charge in [0, 0.05) is 4.91 Å². The normalized spacial score (nSPS) is 22.8. The molecule has 0 aromatic carbocycles. The number of nitriles is 1. The number of carbonyl (C=O) groups excluding carboxylic acids is 2. The molecule has 19 heavy (non-hydrogen) atoms. The van der Waals surface area contributed by atoms with Gasteiger partial charge in [-0.15, -0.1) is 16.8 Å². The van der Waals surface area contributed by atoms with E-state index in [1.165, 1.54) is 23.4 Å². The fourth-order valence-electron chi connectivity index (χ4n) is 2.07. The van der Waals surface area contributed by atoms with Crippen LogP contribution in [0.2, 0.25) is 0 Å². The van der Waals surface area contributed by atoms with Gasteiger partial charge in [0.2, 0.25) is 0 Å². The van der Waals surface area contributed by atoms with Gasteiger partial charge in [0.1, 0.15) is 6.21 Å². The summed E-state index contributed by atoms with van der Waals surface area (Å²) in [6, 6.07) is 1.66. The molecule has 0 spiro atoms. The van der Waals surface area contributed by atoms with Crippen molar-refractivity contribution in [2.24, 2.45) is 10.9 Å². The van der Waals surface area contributed by atoms with Crippen LogP contribution in [0, 0.1) is 17.2 Å². The molecule has 2 heterocycles. The van der Waals surface area contributed by atoms with Crippen LogP contribution in [0.5, 0.6) is 0 Å². The average Bonchev–Trinajstić information content (AvgIpc) is 2.41. The summed E-state index contributed by atoms with van der Waals surface area (Å²) >= 11 is 1.32. The zero-order valence-electron chi connectivity index (χ0n) is 10.9. The van der Waals surface area contributed by atoms with Crippen molar-refractivity contribution in [2.45, 2.75) is 6.92 Å². The van der Waals surface area contributed by atoms with E-state index in [0.29, 0.717) is 5.84 Å². The zero-order valence-corrected chi connectivity index (χ0v) is 11.7. The van der Waals surface area contributed by atoms with Crippen LogP contribution in [0.25, 0.3) is 0 Å². The molecular weight excluding hydrogens is 264 g/mol. The van der Waals surface area contributed by atoms with Gasteiger partial charge in [-0.2, -0.15) is 14.7 Å². The number of nitrogens with zero attached hydrogens (tertiary/aromatic N) is 4. The SMILES string of the molecule is CC1=C(SCC#N)C2C(=O)N(C)C(=O)[N+](C)=C2N=C1. The number of fused-ring (bicyclic) bond motifs is 1. The van der Waals surface area contributed by atoms with E-state index in [0.717, 1.165) is 15.4 Å². The number of hydrogen-bond acceptors (Lipinski definition) is 5. The Hall–Kier alpha value is -1.94.